The fraction of sp³-hybridized carbons (Fsp3) is 0.318. The lowest BCUT2D eigenvalue weighted by Crippen LogP contribution is -2.24. The number of carbonyl (C=O) groups excluding carboxylic acids is 1. The van der Waals surface area contributed by atoms with Gasteiger partial charge in [-0.15, -0.1) is 0 Å². The minimum atomic E-state index is -0.299. The van der Waals surface area contributed by atoms with Crippen molar-refractivity contribution in [3.63, 3.8) is 0 Å². The second-order valence-electron chi connectivity index (χ2n) is 7.05. The maximum atomic E-state index is 12.8. The van der Waals surface area contributed by atoms with Gasteiger partial charge in [0.25, 0.3) is 11.5 Å². The summed E-state index contributed by atoms with van der Waals surface area (Å²) in [6.07, 6.45) is 3.89. The van der Waals surface area contributed by atoms with Gasteiger partial charge >= 0.3 is 0 Å². The Labute approximate surface area is 168 Å². The van der Waals surface area contributed by atoms with Gasteiger partial charge in [0, 0.05) is 24.6 Å². The molecule has 0 unspecified atom stereocenters. The van der Waals surface area contributed by atoms with E-state index in [9.17, 15) is 9.59 Å². The third-order valence-electron chi connectivity index (χ3n) is 5.24. The molecule has 0 saturated carbocycles. The number of hydrogen-bond donors (Lipinski definition) is 1. The van der Waals surface area contributed by atoms with Crippen molar-refractivity contribution in [3.8, 4) is 11.5 Å². The summed E-state index contributed by atoms with van der Waals surface area (Å²) in [4.78, 5) is 30.3. The number of hydrogen-bond acceptors (Lipinski definition) is 5. The number of fused-ring (bicyclic) bond motifs is 2. The fourth-order valence-electron chi connectivity index (χ4n) is 3.66. The zero-order chi connectivity index (χ0) is 20.4. The van der Waals surface area contributed by atoms with Gasteiger partial charge in [0.05, 0.1) is 30.8 Å². The molecule has 0 radical (unpaired) electrons. The number of rotatable bonds is 4. The summed E-state index contributed by atoms with van der Waals surface area (Å²) >= 11 is 0. The van der Waals surface area contributed by atoms with Crippen LogP contribution in [-0.2, 0) is 13.0 Å². The van der Waals surface area contributed by atoms with Gasteiger partial charge in [-0.25, -0.2) is 4.98 Å². The molecule has 2 aromatic carbocycles. The van der Waals surface area contributed by atoms with E-state index in [2.05, 4.69) is 10.3 Å². The number of nitrogens with one attached hydrogen (secondary N) is 1. The van der Waals surface area contributed by atoms with Crippen molar-refractivity contribution in [1.82, 2.24) is 9.55 Å². The highest BCUT2D eigenvalue weighted by Crippen LogP contribution is 2.29. The molecule has 0 saturated heterocycles. The van der Waals surface area contributed by atoms with Crippen molar-refractivity contribution in [2.75, 3.05) is 19.5 Å². The second kappa shape index (κ2) is 7.95. The summed E-state index contributed by atoms with van der Waals surface area (Å²) in [7, 11) is 3.10. The average molecular weight is 393 g/mol. The minimum Gasteiger partial charge on any atom is -0.497 e. The maximum absolute atomic E-state index is 12.8. The molecular formula is C22H23N3O4. The number of aryl methyl sites for hydroxylation is 1. The zero-order valence-corrected chi connectivity index (χ0v) is 16.5. The van der Waals surface area contributed by atoms with E-state index in [1.54, 1.807) is 48.1 Å². The molecule has 1 aliphatic heterocycles. The second-order valence-corrected chi connectivity index (χ2v) is 7.05. The number of methoxy groups -OCH3 is 2. The molecule has 150 valence electrons. The van der Waals surface area contributed by atoms with E-state index in [1.807, 2.05) is 0 Å². The van der Waals surface area contributed by atoms with Gasteiger partial charge in [-0.1, -0.05) is 6.42 Å². The smallest absolute Gasteiger partial charge is 0.261 e. The quantitative estimate of drug-likeness (QED) is 0.735. The van der Waals surface area contributed by atoms with Gasteiger partial charge < -0.3 is 14.8 Å². The summed E-state index contributed by atoms with van der Waals surface area (Å²) in [5.74, 6) is 1.64. The van der Waals surface area contributed by atoms with Crippen LogP contribution in [0.5, 0.6) is 11.5 Å². The molecule has 0 fully saturated rings. The molecule has 7 nitrogen and oxygen atoms in total. The van der Waals surface area contributed by atoms with Gasteiger partial charge in [-0.3, -0.25) is 14.2 Å². The summed E-state index contributed by atoms with van der Waals surface area (Å²) < 4.78 is 12.3. The predicted molar refractivity (Wildman–Crippen MR) is 111 cm³/mol. The lowest BCUT2D eigenvalue weighted by molar-refractivity contribution is 0.102. The van der Waals surface area contributed by atoms with E-state index in [-0.39, 0.29) is 11.5 Å². The van der Waals surface area contributed by atoms with Crippen LogP contribution in [0.15, 0.2) is 41.2 Å². The first-order chi connectivity index (χ1) is 14.1. The Bertz CT molecular complexity index is 1140. The van der Waals surface area contributed by atoms with Gasteiger partial charge in [0.2, 0.25) is 0 Å². The molecule has 3 aromatic rings. The van der Waals surface area contributed by atoms with Gasteiger partial charge in [-0.2, -0.15) is 0 Å². The Morgan fingerprint density at radius 2 is 1.93 bits per heavy atom. The Hall–Kier alpha value is -3.35. The van der Waals surface area contributed by atoms with Crippen molar-refractivity contribution < 1.29 is 14.3 Å². The molecule has 7 heteroatoms. The Balaban J connectivity index is 1.68. The summed E-state index contributed by atoms with van der Waals surface area (Å²) in [5, 5.41) is 3.39. The first kappa shape index (κ1) is 19.0. The largest absolute Gasteiger partial charge is 0.497 e. The van der Waals surface area contributed by atoms with Crippen LogP contribution >= 0.6 is 0 Å². The Morgan fingerprint density at radius 1 is 1.07 bits per heavy atom. The number of amides is 1. The first-order valence-electron chi connectivity index (χ1n) is 9.67. The monoisotopic (exact) mass is 393 g/mol. The van der Waals surface area contributed by atoms with Crippen molar-refractivity contribution in [3.05, 3.63) is 58.1 Å². The highest BCUT2D eigenvalue weighted by molar-refractivity contribution is 6.06. The van der Waals surface area contributed by atoms with Gasteiger partial charge in [-0.05, 0) is 43.2 Å². The van der Waals surface area contributed by atoms with Gasteiger partial charge in [0.1, 0.15) is 17.3 Å². The molecule has 1 aromatic heterocycles. The molecular weight excluding hydrogens is 370 g/mol. The van der Waals surface area contributed by atoms with Crippen LogP contribution in [0.3, 0.4) is 0 Å². The third-order valence-corrected chi connectivity index (χ3v) is 5.24. The molecule has 0 aliphatic carbocycles. The minimum absolute atomic E-state index is 0.0318. The maximum Gasteiger partial charge on any atom is 0.261 e. The molecule has 29 heavy (non-hydrogen) atoms. The van der Waals surface area contributed by atoms with Crippen LogP contribution in [0.25, 0.3) is 10.9 Å². The van der Waals surface area contributed by atoms with Crippen LogP contribution in [-0.4, -0.2) is 29.7 Å². The highest BCUT2D eigenvalue weighted by atomic mass is 16.5. The molecule has 1 aliphatic rings. The number of anilines is 1. The Kier molecular flexibility index (Phi) is 5.20. The summed E-state index contributed by atoms with van der Waals surface area (Å²) in [6.45, 7) is 0.705. The normalized spacial score (nSPS) is 13.4. The number of aromatic nitrogens is 2. The lowest BCUT2D eigenvalue weighted by Gasteiger charge is -2.13. The van der Waals surface area contributed by atoms with Crippen LogP contribution in [0.1, 0.15) is 35.4 Å². The highest BCUT2D eigenvalue weighted by Gasteiger charge is 2.16. The van der Waals surface area contributed by atoms with E-state index >= 15 is 0 Å². The zero-order valence-electron chi connectivity index (χ0n) is 16.5. The first-order valence-corrected chi connectivity index (χ1v) is 9.67. The fourth-order valence-corrected chi connectivity index (χ4v) is 3.66. The van der Waals surface area contributed by atoms with Crippen molar-refractivity contribution in [1.29, 1.82) is 0 Å². The van der Waals surface area contributed by atoms with Crippen LogP contribution < -0.4 is 20.3 Å². The molecule has 0 spiro atoms. The van der Waals surface area contributed by atoms with E-state index < -0.39 is 0 Å². The van der Waals surface area contributed by atoms with Crippen LogP contribution in [0.4, 0.5) is 5.69 Å². The SMILES string of the molecule is COc1ccc(NC(=O)c2ccc3c(=O)n4c(nc3c2)CCCCC4)c(OC)c1. The molecule has 1 amide bonds. The summed E-state index contributed by atoms with van der Waals surface area (Å²) in [5.41, 5.74) is 1.49. The van der Waals surface area contributed by atoms with E-state index in [4.69, 9.17) is 9.47 Å². The average Bonchev–Trinajstić information content (AvgIpc) is 2.99. The third kappa shape index (κ3) is 3.68. The predicted octanol–water partition coefficient (Wildman–Crippen LogP) is 3.39. The summed E-state index contributed by atoms with van der Waals surface area (Å²) in [6, 6.07) is 10.2. The van der Waals surface area contributed by atoms with Crippen molar-refractivity contribution in [2.45, 2.75) is 32.2 Å². The number of ether oxygens (including phenoxy) is 2. The van der Waals surface area contributed by atoms with Crippen LogP contribution in [0.2, 0.25) is 0 Å². The van der Waals surface area contributed by atoms with Crippen molar-refractivity contribution in [2.24, 2.45) is 0 Å². The lowest BCUT2D eigenvalue weighted by atomic mass is 10.1. The number of carbonyl (C=O) groups is 1. The Morgan fingerprint density at radius 3 is 2.72 bits per heavy atom. The topological polar surface area (TPSA) is 82.5 Å². The standard InChI is InChI=1S/C22H23N3O4/c1-28-15-8-10-17(19(13-15)29-2)24-21(26)14-7-9-16-18(12-14)23-20-6-4-3-5-11-25(20)22(16)27/h7-10,12-13H,3-6,11H2,1-2H3,(H,24,26). The van der Waals surface area contributed by atoms with Gasteiger partial charge in [0.15, 0.2) is 0 Å². The number of benzene rings is 2. The van der Waals surface area contributed by atoms with Crippen LogP contribution in [0, 0.1) is 0 Å². The van der Waals surface area contributed by atoms with E-state index in [0.717, 1.165) is 31.5 Å². The van der Waals surface area contributed by atoms with E-state index in [1.165, 1.54) is 7.11 Å². The molecule has 2 heterocycles. The molecule has 1 N–H and O–H groups in total. The molecule has 0 atom stereocenters. The van der Waals surface area contributed by atoms with E-state index in [0.29, 0.717) is 40.2 Å². The van der Waals surface area contributed by atoms with Crippen molar-refractivity contribution >= 4 is 22.5 Å². The molecule has 0 bridgehead atoms. The molecule has 4 rings (SSSR count). The number of nitrogens with zero attached hydrogens (tertiary/aromatic N) is 2.